The van der Waals surface area contributed by atoms with Crippen LogP contribution >= 0.6 is 0 Å². The number of aliphatic hydroxyl groups excluding tert-OH is 1. The molecule has 0 saturated heterocycles. The molecule has 0 aromatic carbocycles. The summed E-state index contributed by atoms with van der Waals surface area (Å²) in [6.45, 7) is 5.39. The number of rotatable bonds is 3. The van der Waals surface area contributed by atoms with Crippen LogP contribution in [0.25, 0.3) is 0 Å². The van der Waals surface area contributed by atoms with E-state index in [0.29, 0.717) is 4.90 Å². The molecule has 0 unspecified atom stereocenters. The minimum Gasteiger partial charge on any atom is -0.444 e. The van der Waals surface area contributed by atoms with Gasteiger partial charge in [0.1, 0.15) is 6.61 Å². The highest BCUT2D eigenvalue weighted by molar-refractivity contribution is 6.69. The Balaban J connectivity index is 3.79. The third-order valence-electron chi connectivity index (χ3n) is 0.595. The van der Waals surface area contributed by atoms with Gasteiger partial charge in [-0.05, 0) is 0 Å². The molecule has 0 aliphatic carbocycles. The largest absolute Gasteiger partial charge is 0.444 e. The van der Waals surface area contributed by atoms with Gasteiger partial charge >= 0.3 is 0 Å². The molecule has 0 amide bonds. The predicted molar refractivity (Wildman–Crippen MR) is 41.2 cm³/mol. The van der Waals surface area contributed by atoms with E-state index < -0.39 is 8.32 Å². The lowest BCUT2D eigenvalue weighted by molar-refractivity contribution is -0.701. The van der Waals surface area contributed by atoms with Crippen molar-refractivity contribution in [3.63, 3.8) is 0 Å². The SMILES string of the molecule is C[Si](C)(C)O/[N+]([O-])=C/CO. The first-order chi connectivity index (χ1) is 4.45. The summed E-state index contributed by atoms with van der Waals surface area (Å²) < 4.78 is 4.88. The van der Waals surface area contributed by atoms with Crippen LogP contribution < -0.4 is 0 Å². The van der Waals surface area contributed by atoms with Crippen LogP contribution in [0.5, 0.6) is 0 Å². The van der Waals surface area contributed by atoms with Crippen LogP contribution in [-0.2, 0) is 4.53 Å². The van der Waals surface area contributed by atoms with Crippen molar-refractivity contribution in [2.45, 2.75) is 19.6 Å². The molecule has 0 aromatic rings. The summed E-state index contributed by atoms with van der Waals surface area (Å²) >= 11 is 0. The monoisotopic (exact) mass is 163 g/mol. The van der Waals surface area contributed by atoms with Crippen LogP contribution in [0.4, 0.5) is 0 Å². The second-order valence-corrected chi connectivity index (χ2v) is 7.26. The van der Waals surface area contributed by atoms with E-state index in [9.17, 15) is 5.21 Å². The summed E-state index contributed by atoms with van der Waals surface area (Å²) in [6.07, 6.45) is 1.04. The van der Waals surface area contributed by atoms with Crippen LogP contribution in [-0.4, -0.2) is 31.1 Å². The summed E-state index contributed by atoms with van der Waals surface area (Å²) in [4.78, 5) is 0.326. The highest BCUT2D eigenvalue weighted by atomic mass is 28.4. The van der Waals surface area contributed by atoms with Crippen LogP contribution in [0.2, 0.25) is 19.6 Å². The first-order valence-corrected chi connectivity index (χ1v) is 6.46. The minimum atomic E-state index is -1.79. The Morgan fingerprint density at radius 2 is 2.10 bits per heavy atom. The van der Waals surface area contributed by atoms with Gasteiger partial charge in [-0.15, -0.1) is 0 Å². The maximum absolute atomic E-state index is 10.6. The minimum absolute atomic E-state index is 0.284. The van der Waals surface area contributed by atoms with Gasteiger partial charge in [0.05, 0.1) is 0 Å². The van der Waals surface area contributed by atoms with Gasteiger partial charge in [-0.25, -0.2) is 0 Å². The quantitative estimate of drug-likeness (QED) is 0.282. The fourth-order valence-electron chi connectivity index (χ4n) is 0.374. The van der Waals surface area contributed by atoms with E-state index >= 15 is 0 Å². The van der Waals surface area contributed by atoms with Crippen molar-refractivity contribution in [2.75, 3.05) is 6.61 Å². The molecule has 0 heterocycles. The average Bonchev–Trinajstić information content (AvgIpc) is 1.59. The van der Waals surface area contributed by atoms with E-state index in [0.717, 1.165) is 6.21 Å². The van der Waals surface area contributed by atoms with Crippen molar-refractivity contribution in [1.29, 1.82) is 0 Å². The smallest absolute Gasteiger partial charge is 0.234 e. The van der Waals surface area contributed by atoms with Crippen molar-refractivity contribution in [3.8, 4) is 0 Å². The van der Waals surface area contributed by atoms with Gasteiger partial charge in [-0.1, -0.05) is 19.6 Å². The Morgan fingerprint density at radius 3 is 2.40 bits per heavy atom. The lowest BCUT2D eigenvalue weighted by Crippen LogP contribution is -2.30. The van der Waals surface area contributed by atoms with E-state index in [1.54, 1.807) is 0 Å². The van der Waals surface area contributed by atoms with Gasteiger partial charge in [0.2, 0.25) is 6.21 Å². The number of hydrogen-bond acceptors (Lipinski definition) is 3. The second kappa shape index (κ2) is 3.57. The predicted octanol–water partition coefficient (Wildman–Crippen LogP) is 0.326. The van der Waals surface area contributed by atoms with Crippen molar-refractivity contribution in [3.05, 3.63) is 5.21 Å². The average molecular weight is 163 g/mol. The zero-order valence-corrected chi connectivity index (χ0v) is 7.50. The van der Waals surface area contributed by atoms with E-state index in [-0.39, 0.29) is 6.61 Å². The molecule has 0 saturated carbocycles. The number of aliphatic hydroxyl groups is 1. The standard InChI is InChI=1S/C5H13NO3Si/c1-10(2,3)9-6(8)4-5-7/h4,7H,5H2,1-3H3/b6-4+. The number of nitrogens with zero attached hydrogens (tertiary/aromatic N) is 1. The van der Waals surface area contributed by atoms with Crippen LogP contribution in [0.15, 0.2) is 0 Å². The summed E-state index contributed by atoms with van der Waals surface area (Å²) in [5.74, 6) is 0. The molecule has 1 N–H and O–H groups in total. The Labute approximate surface area is 61.4 Å². The molecule has 0 aliphatic heterocycles. The third kappa shape index (κ3) is 5.58. The van der Waals surface area contributed by atoms with Crippen LogP contribution in [0.1, 0.15) is 0 Å². The lowest BCUT2D eigenvalue weighted by Gasteiger charge is -2.18. The molecule has 0 radical (unpaired) electrons. The fourth-order valence-corrected chi connectivity index (χ4v) is 0.988. The van der Waals surface area contributed by atoms with Gasteiger partial charge in [0.15, 0.2) is 8.32 Å². The van der Waals surface area contributed by atoms with Gasteiger partial charge < -0.3 is 9.63 Å². The maximum Gasteiger partial charge on any atom is 0.234 e. The Hall–Kier alpha value is -0.553. The molecule has 0 rings (SSSR count). The molecule has 10 heavy (non-hydrogen) atoms. The normalized spacial score (nSPS) is 13.4. The van der Waals surface area contributed by atoms with Crippen molar-refractivity contribution >= 4 is 14.5 Å². The number of hydrogen-bond donors (Lipinski definition) is 1. The first kappa shape index (κ1) is 9.45. The highest BCUT2D eigenvalue weighted by Crippen LogP contribution is 2.01. The van der Waals surface area contributed by atoms with E-state index in [1.807, 2.05) is 19.6 Å². The topological polar surface area (TPSA) is 55.5 Å². The van der Waals surface area contributed by atoms with Crippen molar-refractivity contribution < 1.29 is 14.5 Å². The molecule has 0 atom stereocenters. The summed E-state index contributed by atoms with van der Waals surface area (Å²) in [7, 11) is -1.79. The van der Waals surface area contributed by atoms with Gasteiger partial charge in [-0.2, -0.15) is 0 Å². The Morgan fingerprint density at radius 1 is 1.60 bits per heavy atom. The second-order valence-electron chi connectivity index (χ2n) is 2.85. The molecular weight excluding hydrogens is 150 g/mol. The Bertz CT molecular complexity index is 129. The van der Waals surface area contributed by atoms with Gasteiger partial charge in [0, 0.05) is 4.90 Å². The van der Waals surface area contributed by atoms with E-state index in [2.05, 4.69) is 0 Å². The molecule has 0 fully saturated rings. The van der Waals surface area contributed by atoms with Crippen molar-refractivity contribution in [2.24, 2.45) is 0 Å². The third-order valence-corrected chi connectivity index (χ3v) is 1.32. The molecule has 0 spiro atoms. The molecule has 0 aliphatic rings. The first-order valence-electron chi connectivity index (χ1n) is 3.05. The van der Waals surface area contributed by atoms with Crippen LogP contribution in [0, 0.1) is 5.21 Å². The molecule has 0 aromatic heterocycles. The molecular formula is C5H13NO3Si. The Kier molecular flexibility index (Phi) is 3.38. The van der Waals surface area contributed by atoms with Crippen molar-refractivity contribution in [1.82, 2.24) is 0 Å². The zero-order chi connectivity index (χ0) is 8.20. The van der Waals surface area contributed by atoms with E-state index in [1.165, 1.54) is 0 Å². The fraction of sp³-hybridized carbons (Fsp3) is 0.800. The van der Waals surface area contributed by atoms with Crippen LogP contribution in [0.3, 0.4) is 0 Å². The summed E-state index contributed by atoms with van der Waals surface area (Å²) in [6, 6.07) is 0. The zero-order valence-electron chi connectivity index (χ0n) is 6.50. The molecule has 5 heteroatoms. The highest BCUT2D eigenvalue weighted by Gasteiger charge is 2.13. The lowest BCUT2D eigenvalue weighted by atomic mass is 10.8. The maximum atomic E-state index is 10.6. The summed E-state index contributed by atoms with van der Waals surface area (Å²) in [5, 5.41) is 18.8. The molecule has 60 valence electrons. The van der Waals surface area contributed by atoms with Gasteiger partial charge in [-0.3, -0.25) is 5.21 Å². The molecule has 0 bridgehead atoms. The summed E-state index contributed by atoms with van der Waals surface area (Å²) in [5.41, 5.74) is 0. The van der Waals surface area contributed by atoms with E-state index in [4.69, 9.17) is 9.63 Å². The van der Waals surface area contributed by atoms with Gasteiger partial charge in [0.25, 0.3) is 0 Å². The molecule has 4 nitrogen and oxygen atoms in total.